The van der Waals surface area contributed by atoms with Crippen LogP contribution < -0.4 is 5.32 Å². The maximum Gasteiger partial charge on any atom is 0.0346 e. The molecule has 0 aliphatic rings. The second-order valence-corrected chi connectivity index (χ2v) is 5.11. The van der Waals surface area contributed by atoms with Crippen LogP contribution in [0.4, 0.5) is 0 Å². The van der Waals surface area contributed by atoms with E-state index in [1.807, 2.05) is 12.4 Å². The second-order valence-electron chi connectivity index (χ2n) is 5.11. The fourth-order valence-corrected chi connectivity index (χ4v) is 2.08. The Kier molecular flexibility index (Phi) is 4.32. The third kappa shape index (κ3) is 3.08. The molecule has 0 saturated carbocycles. The summed E-state index contributed by atoms with van der Waals surface area (Å²) in [5.74, 6) is 0.717. The molecule has 0 radical (unpaired) electrons. The van der Waals surface area contributed by atoms with Gasteiger partial charge < -0.3 is 5.32 Å². The second kappa shape index (κ2) is 5.96. The number of fused-ring (bicyclic) bond motifs is 1. The first-order valence-corrected chi connectivity index (χ1v) is 6.76. The zero-order valence-electron chi connectivity index (χ0n) is 11.5. The number of nitrogens with zero attached hydrogens (tertiary/aromatic N) is 1. The molecule has 1 N–H and O–H groups in total. The van der Waals surface area contributed by atoms with Crippen LogP contribution in [0.2, 0.25) is 0 Å². The van der Waals surface area contributed by atoms with Crippen LogP contribution in [-0.4, -0.2) is 11.0 Å². The van der Waals surface area contributed by atoms with Crippen LogP contribution in [0.5, 0.6) is 0 Å². The summed E-state index contributed by atoms with van der Waals surface area (Å²) in [6, 6.07) is 9.20. The molecule has 2 unspecified atom stereocenters. The van der Waals surface area contributed by atoms with Gasteiger partial charge in [0.2, 0.25) is 0 Å². The monoisotopic (exact) mass is 242 g/mol. The molecule has 2 aromatic rings. The van der Waals surface area contributed by atoms with Crippen molar-refractivity contribution in [2.75, 3.05) is 0 Å². The van der Waals surface area contributed by atoms with E-state index in [4.69, 9.17) is 0 Å². The zero-order valence-corrected chi connectivity index (χ0v) is 11.5. The predicted octanol–water partition coefficient (Wildman–Crippen LogP) is 3.76. The maximum atomic E-state index is 4.14. The Morgan fingerprint density at radius 1 is 1.17 bits per heavy atom. The highest BCUT2D eigenvalue weighted by Gasteiger charge is 2.08. The highest BCUT2D eigenvalue weighted by Crippen LogP contribution is 2.15. The van der Waals surface area contributed by atoms with Gasteiger partial charge in [0.15, 0.2) is 0 Å². The molecular weight excluding hydrogens is 220 g/mol. The van der Waals surface area contributed by atoms with Gasteiger partial charge in [0.05, 0.1) is 0 Å². The summed E-state index contributed by atoms with van der Waals surface area (Å²) in [4.78, 5) is 4.14. The van der Waals surface area contributed by atoms with Gasteiger partial charge in [-0.05, 0) is 35.9 Å². The first kappa shape index (κ1) is 13.0. The molecule has 2 heteroatoms. The van der Waals surface area contributed by atoms with Crippen LogP contribution in [0.3, 0.4) is 0 Å². The van der Waals surface area contributed by atoms with Crippen LogP contribution in [0.1, 0.15) is 32.8 Å². The topological polar surface area (TPSA) is 24.9 Å². The molecule has 96 valence electrons. The van der Waals surface area contributed by atoms with Crippen molar-refractivity contribution in [1.29, 1.82) is 0 Å². The number of pyridine rings is 1. The third-order valence-corrected chi connectivity index (χ3v) is 3.83. The van der Waals surface area contributed by atoms with Gasteiger partial charge in [0.1, 0.15) is 0 Å². The van der Waals surface area contributed by atoms with E-state index in [1.165, 1.54) is 22.8 Å². The number of rotatable bonds is 5. The molecule has 0 spiro atoms. The van der Waals surface area contributed by atoms with E-state index in [9.17, 15) is 0 Å². The summed E-state index contributed by atoms with van der Waals surface area (Å²) in [5.41, 5.74) is 1.34. The lowest BCUT2D eigenvalue weighted by Crippen LogP contribution is -2.31. The fourth-order valence-electron chi connectivity index (χ4n) is 2.08. The normalized spacial score (nSPS) is 14.6. The summed E-state index contributed by atoms with van der Waals surface area (Å²) >= 11 is 0. The highest BCUT2D eigenvalue weighted by atomic mass is 14.9. The third-order valence-electron chi connectivity index (χ3n) is 3.83. The molecule has 2 nitrogen and oxygen atoms in total. The van der Waals surface area contributed by atoms with Crippen molar-refractivity contribution in [2.45, 2.75) is 39.8 Å². The summed E-state index contributed by atoms with van der Waals surface area (Å²) in [6.07, 6.45) is 4.98. The van der Waals surface area contributed by atoms with Gasteiger partial charge in [-0.3, -0.25) is 4.98 Å². The van der Waals surface area contributed by atoms with E-state index in [-0.39, 0.29) is 0 Å². The van der Waals surface area contributed by atoms with Crippen LogP contribution in [0, 0.1) is 5.92 Å². The number of hydrogen-bond donors (Lipinski definition) is 1. The minimum Gasteiger partial charge on any atom is -0.310 e. The molecular formula is C16H22N2. The van der Waals surface area contributed by atoms with Crippen molar-refractivity contribution >= 4 is 10.8 Å². The van der Waals surface area contributed by atoms with E-state index in [0.717, 1.165) is 12.5 Å². The molecule has 0 fully saturated rings. The molecule has 1 aromatic carbocycles. The Bertz CT molecular complexity index is 507. The predicted molar refractivity (Wildman–Crippen MR) is 77.5 cm³/mol. The minimum atomic E-state index is 0.558. The van der Waals surface area contributed by atoms with Crippen LogP contribution in [0.25, 0.3) is 10.8 Å². The molecule has 0 aliphatic carbocycles. The molecule has 0 bridgehead atoms. The molecule has 0 aliphatic heterocycles. The summed E-state index contributed by atoms with van der Waals surface area (Å²) < 4.78 is 0. The van der Waals surface area contributed by atoms with E-state index in [1.54, 1.807) is 0 Å². The largest absolute Gasteiger partial charge is 0.310 e. The number of aromatic nitrogens is 1. The Labute approximate surface area is 109 Å². The van der Waals surface area contributed by atoms with Gasteiger partial charge in [-0.25, -0.2) is 0 Å². The summed E-state index contributed by atoms with van der Waals surface area (Å²) in [6.45, 7) is 7.73. The van der Waals surface area contributed by atoms with Crippen LogP contribution >= 0.6 is 0 Å². The number of hydrogen-bond acceptors (Lipinski definition) is 2. The molecule has 1 heterocycles. The molecule has 1 aromatic heterocycles. The van der Waals surface area contributed by atoms with Crippen LogP contribution in [-0.2, 0) is 6.54 Å². The summed E-state index contributed by atoms with van der Waals surface area (Å²) in [5, 5.41) is 6.07. The average molecular weight is 242 g/mol. The smallest absolute Gasteiger partial charge is 0.0346 e. The minimum absolute atomic E-state index is 0.558. The van der Waals surface area contributed by atoms with E-state index in [0.29, 0.717) is 6.04 Å². The quantitative estimate of drug-likeness (QED) is 0.863. The average Bonchev–Trinajstić information content (AvgIpc) is 2.43. The van der Waals surface area contributed by atoms with Crippen molar-refractivity contribution in [3.05, 3.63) is 42.2 Å². The summed E-state index contributed by atoms with van der Waals surface area (Å²) in [7, 11) is 0. The van der Waals surface area contributed by atoms with Crippen LogP contribution in [0.15, 0.2) is 36.7 Å². The molecule has 2 rings (SSSR count). The van der Waals surface area contributed by atoms with Gasteiger partial charge in [-0.1, -0.05) is 32.4 Å². The molecule has 0 amide bonds. The van der Waals surface area contributed by atoms with Gasteiger partial charge in [-0.2, -0.15) is 0 Å². The fraction of sp³-hybridized carbons (Fsp3) is 0.438. The highest BCUT2D eigenvalue weighted by molar-refractivity contribution is 5.81. The van der Waals surface area contributed by atoms with Crippen molar-refractivity contribution in [1.82, 2.24) is 10.3 Å². The number of nitrogens with one attached hydrogen (secondary N) is 1. The lowest BCUT2D eigenvalue weighted by molar-refractivity contribution is 0.389. The lowest BCUT2D eigenvalue weighted by atomic mass is 10.0. The Morgan fingerprint density at radius 2 is 2.00 bits per heavy atom. The lowest BCUT2D eigenvalue weighted by Gasteiger charge is -2.20. The van der Waals surface area contributed by atoms with Gasteiger partial charge in [0, 0.05) is 30.4 Å². The maximum absolute atomic E-state index is 4.14. The Hall–Kier alpha value is -1.41. The molecule has 18 heavy (non-hydrogen) atoms. The van der Waals surface area contributed by atoms with E-state index < -0.39 is 0 Å². The zero-order chi connectivity index (χ0) is 13.0. The van der Waals surface area contributed by atoms with Crippen molar-refractivity contribution in [3.63, 3.8) is 0 Å². The first-order valence-electron chi connectivity index (χ1n) is 6.76. The van der Waals surface area contributed by atoms with E-state index in [2.05, 4.69) is 55.3 Å². The van der Waals surface area contributed by atoms with Crippen molar-refractivity contribution in [3.8, 4) is 0 Å². The Morgan fingerprint density at radius 3 is 2.78 bits per heavy atom. The van der Waals surface area contributed by atoms with Gasteiger partial charge in [0.25, 0.3) is 0 Å². The first-order chi connectivity index (χ1) is 8.70. The molecule has 2 atom stereocenters. The standard InChI is InChI=1S/C16H22N2/c1-4-12(2)13(3)18-10-14-5-6-16-11-17-8-7-15(16)9-14/h5-9,11-13,18H,4,10H2,1-3H3. The van der Waals surface area contributed by atoms with Gasteiger partial charge >= 0.3 is 0 Å². The molecule has 0 saturated heterocycles. The Balaban J connectivity index is 2.04. The van der Waals surface area contributed by atoms with Crippen molar-refractivity contribution < 1.29 is 0 Å². The van der Waals surface area contributed by atoms with Gasteiger partial charge in [-0.15, -0.1) is 0 Å². The van der Waals surface area contributed by atoms with Crippen molar-refractivity contribution in [2.24, 2.45) is 5.92 Å². The number of benzene rings is 1. The SMILES string of the molecule is CCC(C)C(C)NCc1ccc2cnccc2c1. The van der Waals surface area contributed by atoms with E-state index >= 15 is 0 Å².